The predicted octanol–water partition coefficient (Wildman–Crippen LogP) is 3.18. The summed E-state index contributed by atoms with van der Waals surface area (Å²) >= 11 is 6.85. The van der Waals surface area contributed by atoms with Crippen molar-refractivity contribution in [3.63, 3.8) is 0 Å². The van der Waals surface area contributed by atoms with E-state index in [9.17, 15) is 9.59 Å². The van der Waals surface area contributed by atoms with Crippen molar-refractivity contribution in [2.24, 2.45) is 0 Å². The number of carbonyl (C=O) groups is 1. The highest BCUT2D eigenvalue weighted by Gasteiger charge is 2.41. The minimum absolute atomic E-state index is 0.101. The van der Waals surface area contributed by atoms with Crippen LogP contribution < -0.4 is 10.5 Å². The second kappa shape index (κ2) is 8.75. The van der Waals surface area contributed by atoms with Crippen LogP contribution in [-0.4, -0.2) is 62.6 Å². The molecule has 0 unspecified atom stereocenters. The Morgan fingerprint density at radius 2 is 1.85 bits per heavy atom. The van der Waals surface area contributed by atoms with Gasteiger partial charge in [0, 0.05) is 38.2 Å². The summed E-state index contributed by atoms with van der Waals surface area (Å²) in [5.74, 6) is -0.0300. The van der Waals surface area contributed by atoms with E-state index >= 15 is 0 Å². The molecule has 10 heteroatoms. The van der Waals surface area contributed by atoms with Crippen LogP contribution in [0.4, 0.5) is 5.82 Å². The van der Waals surface area contributed by atoms with Crippen LogP contribution in [0.2, 0.25) is 0 Å². The number of nitrogens with zero attached hydrogens (tertiary/aromatic N) is 4. The summed E-state index contributed by atoms with van der Waals surface area (Å²) in [5, 5.41) is 0. The lowest BCUT2D eigenvalue weighted by Crippen LogP contribution is -2.46. The molecule has 1 saturated carbocycles. The Morgan fingerprint density at radius 3 is 2.59 bits per heavy atom. The molecule has 0 aromatic carbocycles. The van der Waals surface area contributed by atoms with E-state index in [1.165, 1.54) is 16.2 Å². The van der Waals surface area contributed by atoms with E-state index in [1.807, 2.05) is 12.1 Å². The van der Waals surface area contributed by atoms with Gasteiger partial charge in [-0.05, 0) is 31.1 Å². The van der Waals surface area contributed by atoms with Crippen LogP contribution in [0.15, 0.2) is 34.1 Å². The maximum absolute atomic E-state index is 13.6. The number of hydrogen-bond acceptors (Lipinski definition) is 8. The molecule has 34 heavy (non-hydrogen) atoms. The Hall–Kier alpha value is -2.27. The fraction of sp³-hybridized carbons (Fsp3) is 0.500. The van der Waals surface area contributed by atoms with Gasteiger partial charge in [0.15, 0.2) is 5.79 Å². The van der Waals surface area contributed by atoms with Crippen LogP contribution in [0.5, 0.6) is 0 Å². The van der Waals surface area contributed by atoms with Crippen molar-refractivity contribution in [1.82, 2.24) is 14.3 Å². The molecule has 3 saturated heterocycles. The fourth-order valence-electron chi connectivity index (χ4n) is 5.39. The highest BCUT2D eigenvalue weighted by Crippen LogP contribution is 2.39. The van der Waals surface area contributed by atoms with Gasteiger partial charge in [0.05, 0.1) is 23.7 Å². The molecule has 3 aliphatic heterocycles. The van der Waals surface area contributed by atoms with E-state index in [4.69, 9.17) is 26.7 Å². The van der Waals surface area contributed by atoms with Crippen molar-refractivity contribution in [2.75, 3.05) is 31.2 Å². The van der Waals surface area contributed by atoms with E-state index in [0.29, 0.717) is 65.4 Å². The average molecular weight is 499 g/mol. The number of hydrogen-bond donors (Lipinski definition) is 0. The summed E-state index contributed by atoms with van der Waals surface area (Å²) in [5.41, 5.74) is 0.798. The topological polar surface area (TPSA) is 76.4 Å². The monoisotopic (exact) mass is 498 g/mol. The van der Waals surface area contributed by atoms with Crippen LogP contribution in [0.3, 0.4) is 0 Å². The van der Waals surface area contributed by atoms with E-state index in [0.717, 1.165) is 25.7 Å². The molecule has 4 aliphatic rings. The molecule has 0 atom stereocenters. The third-order valence-corrected chi connectivity index (χ3v) is 8.51. The predicted molar refractivity (Wildman–Crippen MR) is 135 cm³/mol. The van der Waals surface area contributed by atoms with Crippen molar-refractivity contribution in [2.45, 2.75) is 50.4 Å². The summed E-state index contributed by atoms with van der Waals surface area (Å²) in [4.78, 5) is 36.1. The molecule has 8 nitrogen and oxygen atoms in total. The third-order valence-electron chi connectivity index (χ3n) is 7.18. The van der Waals surface area contributed by atoms with Crippen LogP contribution in [0, 0.1) is 0 Å². The number of piperidine rings is 1. The molecule has 1 spiro atoms. The SMILES string of the molecule is O=C1/C(=C\c2c(N3CCC4(CC3)OCCO4)nc3ccccn3c2=O)SC(=S)N1C1CCCC1. The summed E-state index contributed by atoms with van der Waals surface area (Å²) in [7, 11) is 0. The molecule has 1 aliphatic carbocycles. The van der Waals surface area contributed by atoms with Gasteiger partial charge in [0.25, 0.3) is 11.5 Å². The maximum Gasteiger partial charge on any atom is 0.267 e. The highest BCUT2D eigenvalue weighted by atomic mass is 32.2. The lowest BCUT2D eigenvalue weighted by Gasteiger charge is -2.38. The molecule has 5 heterocycles. The molecule has 0 N–H and O–H groups in total. The zero-order chi connectivity index (χ0) is 23.3. The van der Waals surface area contributed by atoms with E-state index in [1.54, 1.807) is 23.2 Å². The van der Waals surface area contributed by atoms with E-state index in [2.05, 4.69) is 4.90 Å². The van der Waals surface area contributed by atoms with Gasteiger partial charge >= 0.3 is 0 Å². The Labute approximate surface area is 206 Å². The number of amides is 1. The van der Waals surface area contributed by atoms with Crippen LogP contribution in [-0.2, 0) is 14.3 Å². The number of anilines is 1. The standard InChI is InChI=1S/C24H26N4O4S2/c29-21-17(15-18-22(30)28(23(33)34-18)16-5-1-2-6-16)20(25-19-7-3-4-10-27(19)21)26-11-8-24(9-12-26)31-13-14-32-24/h3-4,7,10,15-16H,1-2,5-6,8-9,11-14H2/b18-15+. The van der Waals surface area contributed by atoms with Crippen LogP contribution in [0.1, 0.15) is 44.1 Å². The third kappa shape index (κ3) is 3.77. The van der Waals surface area contributed by atoms with Gasteiger partial charge in [-0.2, -0.15) is 0 Å². The molecular formula is C24H26N4O4S2. The van der Waals surface area contributed by atoms with Gasteiger partial charge < -0.3 is 14.4 Å². The van der Waals surface area contributed by atoms with E-state index < -0.39 is 5.79 Å². The summed E-state index contributed by atoms with van der Waals surface area (Å²) in [6.45, 7) is 2.53. The fourth-order valence-corrected chi connectivity index (χ4v) is 6.77. The first kappa shape index (κ1) is 22.2. The van der Waals surface area contributed by atoms with Gasteiger partial charge in [0.1, 0.15) is 15.8 Å². The lowest BCUT2D eigenvalue weighted by molar-refractivity contribution is -0.169. The molecule has 0 bridgehead atoms. The largest absolute Gasteiger partial charge is 0.355 e. The second-order valence-corrected chi connectivity index (χ2v) is 10.8. The molecule has 0 radical (unpaired) electrons. The van der Waals surface area contributed by atoms with Crippen molar-refractivity contribution < 1.29 is 14.3 Å². The van der Waals surface area contributed by atoms with Gasteiger partial charge in [0.2, 0.25) is 0 Å². The molecular weight excluding hydrogens is 472 g/mol. The van der Waals surface area contributed by atoms with Gasteiger partial charge in [-0.15, -0.1) is 0 Å². The summed E-state index contributed by atoms with van der Waals surface area (Å²) in [6.07, 6.45) is 9.00. The minimum Gasteiger partial charge on any atom is -0.355 e. The first-order valence-corrected chi connectivity index (χ1v) is 13.1. The van der Waals surface area contributed by atoms with E-state index in [-0.39, 0.29) is 17.5 Å². The van der Waals surface area contributed by atoms with Gasteiger partial charge in [-0.25, -0.2) is 4.98 Å². The number of carbonyl (C=O) groups excluding carboxylic acids is 1. The second-order valence-electron chi connectivity index (χ2n) is 9.17. The Balaban J connectivity index is 1.39. The molecule has 178 valence electrons. The first-order chi connectivity index (χ1) is 16.5. The molecule has 2 aromatic rings. The lowest BCUT2D eigenvalue weighted by atomic mass is 10.0. The quantitative estimate of drug-likeness (QED) is 0.472. The smallest absolute Gasteiger partial charge is 0.267 e. The maximum atomic E-state index is 13.6. The van der Waals surface area contributed by atoms with Crippen molar-refractivity contribution in [1.29, 1.82) is 0 Å². The number of thiocarbonyl (C=S) groups is 1. The number of pyridine rings is 1. The molecule has 6 rings (SSSR count). The van der Waals surface area contributed by atoms with Crippen LogP contribution >= 0.6 is 24.0 Å². The number of fused-ring (bicyclic) bond motifs is 1. The molecule has 1 amide bonds. The minimum atomic E-state index is -0.522. The zero-order valence-electron chi connectivity index (χ0n) is 18.8. The summed E-state index contributed by atoms with van der Waals surface area (Å²) < 4.78 is 13.8. The van der Waals surface area contributed by atoms with Crippen LogP contribution in [0.25, 0.3) is 11.7 Å². The summed E-state index contributed by atoms with van der Waals surface area (Å²) in [6, 6.07) is 5.66. The van der Waals surface area contributed by atoms with Crippen molar-refractivity contribution in [3.8, 4) is 0 Å². The average Bonchev–Trinajstić information content (AvgIpc) is 3.59. The highest BCUT2D eigenvalue weighted by molar-refractivity contribution is 8.26. The number of rotatable bonds is 3. The number of thioether (sulfide) groups is 1. The number of aromatic nitrogens is 2. The molecule has 4 fully saturated rings. The van der Waals surface area contributed by atoms with Crippen molar-refractivity contribution >= 4 is 51.7 Å². The first-order valence-electron chi connectivity index (χ1n) is 11.9. The van der Waals surface area contributed by atoms with Gasteiger partial charge in [-0.3, -0.25) is 18.9 Å². The van der Waals surface area contributed by atoms with Crippen molar-refractivity contribution in [3.05, 3.63) is 45.2 Å². The Bertz CT molecular complexity index is 1240. The Kier molecular flexibility index (Phi) is 5.71. The van der Waals surface area contributed by atoms with Gasteiger partial charge in [-0.1, -0.05) is 42.9 Å². The molecule has 2 aromatic heterocycles. The Morgan fingerprint density at radius 1 is 1.12 bits per heavy atom. The number of ether oxygens (including phenoxy) is 2. The zero-order valence-corrected chi connectivity index (χ0v) is 20.4. The normalized spacial score (nSPS) is 24.4.